The van der Waals surface area contributed by atoms with Gasteiger partial charge in [-0.2, -0.15) is 18.3 Å². The number of alkyl halides is 3. The van der Waals surface area contributed by atoms with Gasteiger partial charge in [-0.25, -0.2) is 0 Å². The third-order valence-corrected chi connectivity index (χ3v) is 6.12. The minimum Gasteiger partial charge on any atom is -0.450 e. The van der Waals surface area contributed by atoms with E-state index in [1.807, 2.05) is 13.8 Å². The lowest BCUT2D eigenvalue weighted by atomic mass is 9.91. The molecule has 0 aliphatic carbocycles. The molecule has 8 nitrogen and oxygen atoms in total. The number of fused-ring (bicyclic) bond motifs is 3. The summed E-state index contributed by atoms with van der Waals surface area (Å²) >= 11 is 0. The number of halogens is 3. The number of rotatable bonds is 5. The highest BCUT2D eigenvalue weighted by Crippen LogP contribution is 2.42. The number of hydrogen-bond donors (Lipinski definition) is 1. The molecule has 1 amide bonds. The first kappa shape index (κ1) is 23.1. The van der Waals surface area contributed by atoms with Gasteiger partial charge in [-0.3, -0.25) is 9.48 Å². The summed E-state index contributed by atoms with van der Waals surface area (Å²) in [5, 5.41) is 7.20. The van der Waals surface area contributed by atoms with Crippen molar-refractivity contribution in [2.24, 2.45) is 5.41 Å². The van der Waals surface area contributed by atoms with Crippen molar-refractivity contribution in [1.82, 2.24) is 15.1 Å². The standard InChI is InChI=1S/C23H26F3N3O5/c1-22(2)7-14(33-12-22)8-27-21(30)20-18(23(24,25)26)17-16(34-20)4-3-13-9-29(28-19(13)17)10-15-11-31-5-6-32-15/h3-4,9,14-15H,5-8,10-12H2,1-2H3,(H,27,30)/t14-,15+/m1/s1. The molecule has 2 aromatic heterocycles. The number of amides is 1. The number of hydrogen-bond acceptors (Lipinski definition) is 6. The number of ether oxygens (including phenoxy) is 3. The van der Waals surface area contributed by atoms with Crippen LogP contribution in [0.3, 0.4) is 0 Å². The molecule has 0 bridgehead atoms. The molecule has 2 aliphatic heterocycles. The highest BCUT2D eigenvalue weighted by atomic mass is 19.4. The first-order chi connectivity index (χ1) is 16.1. The van der Waals surface area contributed by atoms with E-state index in [4.69, 9.17) is 18.6 Å². The molecule has 0 saturated carbocycles. The Bertz CT molecular complexity index is 1210. The van der Waals surface area contributed by atoms with Gasteiger partial charge in [-0.1, -0.05) is 13.8 Å². The Labute approximate surface area is 193 Å². The van der Waals surface area contributed by atoms with E-state index in [1.165, 1.54) is 10.7 Å². The van der Waals surface area contributed by atoms with Crippen molar-refractivity contribution in [1.29, 1.82) is 0 Å². The van der Waals surface area contributed by atoms with Crippen molar-refractivity contribution >= 4 is 27.8 Å². The van der Waals surface area contributed by atoms with Crippen LogP contribution in [0.15, 0.2) is 22.7 Å². The molecule has 0 spiro atoms. The zero-order valence-electron chi connectivity index (χ0n) is 18.9. The van der Waals surface area contributed by atoms with Crippen molar-refractivity contribution in [2.75, 3.05) is 33.0 Å². The topological polar surface area (TPSA) is 87.8 Å². The predicted octanol–water partition coefficient (Wildman–Crippen LogP) is 3.76. The molecule has 1 aromatic carbocycles. The fourth-order valence-corrected chi connectivity index (χ4v) is 4.59. The predicted molar refractivity (Wildman–Crippen MR) is 116 cm³/mol. The number of aromatic nitrogens is 2. The largest absolute Gasteiger partial charge is 0.450 e. The highest BCUT2D eigenvalue weighted by molar-refractivity contribution is 6.09. The maximum absolute atomic E-state index is 14.2. The van der Waals surface area contributed by atoms with Crippen molar-refractivity contribution in [3.05, 3.63) is 29.7 Å². The molecule has 1 N–H and O–H groups in total. The van der Waals surface area contributed by atoms with Gasteiger partial charge in [0.05, 0.1) is 44.5 Å². The van der Waals surface area contributed by atoms with Crippen LogP contribution in [0.2, 0.25) is 0 Å². The Balaban J connectivity index is 1.47. The Morgan fingerprint density at radius 2 is 2.06 bits per heavy atom. The fraction of sp³-hybridized carbons (Fsp3) is 0.565. The molecule has 3 aromatic rings. The molecular formula is C23H26F3N3O5. The molecule has 34 heavy (non-hydrogen) atoms. The Hall–Kier alpha value is -2.63. The van der Waals surface area contributed by atoms with E-state index < -0.39 is 23.4 Å². The smallest absolute Gasteiger partial charge is 0.421 e. The van der Waals surface area contributed by atoms with Gasteiger partial charge >= 0.3 is 6.18 Å². The fourth-order valence-electron chi connectivity index (χ4n) is 4.59. The molecule has 0 unspecified atom stereocenters. The summed E-state index contributed by atoms with van der Waals surface area (Å²) in [6.07, 6.45) is -2.96. The molecular weight excluding hydrogens is 455 g/mol. The van der Waals surface area contributed by atoms with Crippen LogP contribution in [0, 0.1) is 5.41 Å². The quantitative estimate of drug-likeness (QED) is 0.597. The van der Waals surface area contributed by atoms with Crippen LogP contribution in [-0.2, 0) is 26.9 Å². The molecule has 2 aliphatic rings. The first-order valence-corrected chi connectivity index (χ1v) is 11.2. The zero-order chi connectivity index (χ0) is 24.1. The van der Waals surface area contributed by atoms with E-state index in [-0.39, 0.29) is 40.7 Å². The monoisotopic (exact) mass is 481 g/mol. The summed E-state index contributed by atoms with van der Waals surface area (Å²) in [5.41, 5.74) is -1.10. The molecule has 2 atom stereocenters. The van der Waals surface area contributed by atoms with Gasteiger partial charge in [0.1, 0.15) is 22.8 Å². The maximum atomic E-state index is 14.2. The highest BCUT2D eigenvalue weighted by Gasteiger charge is 2.42. The first-order valence-electron chi connectivity index (χ1n) is 11.2. The van der Waals surface area contributed by atoms with Crippen LogP contribution in [0.1, 0.15) is 36.4 Å². The molecule has 11 heteroatoms. The third-order valence-electron chi connectivity index (χ3n) is 6.12. The summed E-state index contributed by atoms with van der Waals surface area (Å²) in [6.45, 7) is 6.39. The molecule has 184 valence electrons. The molecule has 5 rings (SSSR count). The van der Waals surface area contributed by atoms with Gasteiger partial charge in [0, 0.05) is 18.1 Å². The van der Waals surface area contributed by atoms with E-state index in [0.29, 0.717) is 44.8 Å². The van der Waals surface area contributed by atoms with Gasteiger partial charge in [0.25, 0.3) is 5.91 Å². The minimum atomic E-state index is -4.82. The molecule has 4 heterocycles. The van der Waals surface area contributed by atoms with Crippen molar-refractivity contribution in [3.8, 4) is 0 Å². The molecule has 0 radical (unpaired) electrons. The number of carbonyl (C=O) groups excluding carboxylic acids is 1. The van der Waals surface area contributed by atoms with Crippen molar-refractivity contribution in [2.45, 2.75) is 45.2 Å². The molecule has 2 fully saturated rings. The summed E-state index contributed by atoms with van der Waals surface area (Å²) in [4.78, 5) is 12.8. The summed E-state index contributed by atoms with van der Waals surface area (Å²) in [5.74, 6) is -1.71. The number of furan rings is 1. The van der Waals surface area contributed by atoms with Gasteiger partial charge < -0.3 is 23.9 Å². The third kappa shape index (κ3) is 4.51. The van der Waals surface area contributed by atoms with E-state index in [1.54, 1.807) is 12.3 Å². The average Bonchev–Trinajstić information content (AvgIpc) is 3.46. The second-order valence-electron chi connectivity index (χ2n) is 9.61. The van der Waals surface area contributed by atoms with Crippen LogP contribution >= 0.6 is 0 Å². The van der Waals surface area contributed by atoms with Gasteiger partial charge in [-0.05, 0) is 24.0 Å². The van der Waals surface area contributed by atoms with E-state index in [0.717, 1.165) is 0 Å². The minimum absolute atomic E-state index is 0.0366. The SMILES string of the molecule is CC1(C)CO[C@@H](CNC(=O)c2oc3ccc4cn(C[C@H]5COCCO5)nc4c3c2C(F)(F)F)C1. The van der Waals surface area contributed by atoms with E-state index in [2.05, 4.69) is 10.4 Å². The second-order valence-corrected chi connectivity index (χ2v) is 9.61. The van der Waals surface area contributed by atoms with Crippen LogP contribution in [0.5, 0.6) is 0 Å². The summed E-state index contributed by atoms with van der Waals surface area (Å²) in [6, 6.07) is 3.05. The van der Waals surface area contributed by atoms with Gasteiger partial charge in [0.2, 0.25) is 5.76 Å². The number of benzene rings is 1. The Kier molecular flexibility index (Phi) is 5.81. The normalized spacial score (nSPS) is 23.1. The lowest BCUT2D eigenvalue weighted by molar-refractivity contribution is -0.137. The maximum Gasteiger partial charge on any atom is 0.421 e. The summed E-state index contributed by atoms with van der Waals surface area (Å²) < 4.78 is 66.2. The van der Waals surface area contributed by atoms with E-state index >= 15 is 0 Å². The zero-order valence-corrected chi connectivity index (χ0v) is 18.9. The van der Waals surface area contributed by atoms with Crippen molar-refractivity contribution < 1.29 is 36.6 Å². The average molecular weight is 481 g/mol. The Morgan fingerprint density at radius 1 is 1.24 bits per heavy atom. The van der Waals surface area contributed by atoms with Crippen molar-refractivity contribution in [3.63, 3.8) is 0 Å². The number of nitrogens with one attached hydrogen (secondary N) is 1. The number of nitrogens with zero attached hydrogens (tertiary/aromatic N) is 2. The second kappa shape index (κ2) is 8.54. The number of carbonyl (C=O) groups is 1. The van der Waals surface area contributed by atoms with Gasteiger partial charge in [-0.15, -0.1) is 0 Å². The Morgan fingerprint density at radius 3 is 2.74 bits per heavy atom. The molecule has 2 saturated heterocycles. The lowest BCUT2D eigenvalue weighted by Gasteiger charge is -2.22. The summed E-state index contributed by atoms with van der Waals surface area (Å²) in [7, 11) is 0. The van der Waals surface area contributed by atoms with Gasteiger partial charge in [0.15, 0.2) is 0 Å². The van der Waals surface area contributed by atoms with Crippen LogP contribution in [-0.4, -0.2) is 60.9 Å². The van der Waals surface area contributed by atoms with E-state index in [9.17, 15) is 18.0 Å². The van der Waals surface area contributed by atoms with Crippen LogP contribution in [0.25, 0.3) is 21.9 Å². The lowest BCUT2D eigenvalue weighted by Crippen LogP contribution is -2.33. The van der Waals surface area contributed by atoms with Crippen LogP contribution < -0.4 is 5.32 Å². The van der Waals surface area contributed by atoms with Crippen LogP contribution in [0.4, 0.5) is 13.2 Å².